The van der Waals surface area contributed by atoms with E-state index in [9.17, 15) is 0 Å². The molecule has 4 aliphatic rings. The van der Waals surface area contributed by atoms with E-state index < -0.39 is 0 Å². The summed E-state index contributed by atoms with van der Waals surface area (Å²) in [5, 5.41) is 0. The summed E-state index contributed by atoms with van der Waals surface area (Å²) >= 11 is 0. The van der Waals surface area contributed by atoms with Gasteiger partial charge in [-0.25, -0.2) is 0 Å². The molecule has 1 aromatic heterocycles. The van der Waals surface area contributed by atoms with Crippen LogP contribution in [0.1, 0.15) is 48.8 Å². The molecule has 4 aliphatic carbocycles. The summed E-state index contributed by atoms with van der Waals surface area (Å²) in [6, 6.07) is 2.25. The summed E-state index contributed by atoms with van der Waals surface area (Å²) < 4.78 is 5.73. The van der Waals surface area contributed by atoms with Crippen molar-refractivity contribution in [3.05, 3.63) is 23.7 Å². The fourth-order valence-corrected chi connectivity index (χ4v) is 5.72. The highest BCUT2D eigenvalue weighted by Gasteiger charge is 2.62. The first-order chi connectivity index (χ1) is 7.43. The number of rotatable bonds is 0. The molecule has 0 N–H and O–H groups in total. The maximum absolute atomic E-state index is 5.73. The molecule has 6 atom stereocenters. The molecule has 6 unspecified atom stereocenters. The van der Waals surface area contributed by atoms with Crippen LogP contribution in [0.3, 0.4) is 0 Å². The first-order valence-electron chi connectivity index (χ1n) is 6.51. The van der Waals surface area contributed by atoms with Gasteiger partial charge in [-0.15, -0.1) is 0 Å². The second-order valence-electron chi connectivity index (χ2n) is 6.18. The summed E-state index contributed by atoms with van der Waals surface area (Å²) in [5.74, 6) is 7.32. The van der Waals surface area contributed by atoms with Crippen LogP contribution >= 0.6 is 0 Å². The Bertz CT molecular complexity index is 396. The van der Waals surface area contributed by atoms with E-state index in [0.717, 1.165) is 35.5 Å². The Balaban J connectivity index is 1.72. The standard InChI is InChI=1S/C14H16O/c1-2-8-5-7(1)12-10-6-11(13(8)12)14-9(10)3-4-15-14/h3-4,7-8,10-13H,1-2,5-6H2. The summed E-state index contributed by atoms with van der Waals surface area (Å²) in [4.78, 5) is 0. The largest absolute Gasteiger partial charge is 0.469 e. The molecule has 0 saturated heterocycles. The van der Waals surface area contributed by atoms with Crippen molar-refractivity contribution in [2.75, 3.05) is 0 Å². The minimum atomic E-state index is 0.820. The van der Waals surface area contributed by atoms with Crippen molar-refractivity contribution in [2.45, 2.75) is 37.5 Å². The predicted octanol–water partition coefficient (Wildman–Crippen LogP) is 3.53. The van der Waals surface area contributed by atoms with Crippen molar-refractivity contribution < 1.29 is 4.42 Å². The maximum atomic E-state index is 5.73. The molecule has 4 bridgehead atoms. The Hall–Kier alpha value is -0.720. The molecular formula is C14H16O. The van der Waals surface area contributed by atoms with Gasteiger partial charge in [0.15, 0.2) is 0 Å². The van der Waals surface area contributed by atoms with Crippen molar-refractivity contribution >= 4 is 0 Å². The first-order valence-corrected chi connectivity index (χ1v) is 6.51. The third kappa shape index (κ3) is 0.668. The van der Waals surface area contributed by atoms with E-state index >= 15 is 0 Å². The Morgan fingerprint density at radius 3 is 2.67 bits per heavy atom. The lowest BCUT2D eigenvalue weighted by Crippen LogP contribution is -2.26. The molecule has 0 spiro atoms. The second kappa shape index (κ2) is 2.18. The average molecular weight is 200 g/mol. The third-order valence-electron chi connectivity index (χ3n) is 5.95. The van der Waals surface area contributed by atoms with Crippen molar-refractivity contribution in [3.63, 3.8) is 0 Å². The Kier molecular flexibility index (Phi) is 1.10. The molecule has 78 valence electrons. The minimum absolute atomic E-state index is 0.820. The van der Waals surface area contributed by atoms with Gasteiger partial charge < -0.3 is 4.42 Å². The van der Waals surface area contributed by atoms with Crippen LogP contribution in [0.4, 0.5) is 0 Å². The van der Waals surface area contributed by atoms with E-state index in [1.54, 1.807) is 12.0 Å². The molecule has 1 aromatic rings. The van der Waals surface area contributed by atoms with Crippen LogP contribution < -0.4 is 0 Å². The molecule has 15 heavy (non-hydrogen) atoms. The predicted molar refractivity (Wildman–Crippen MR) is 56.6 cm³/mol. The fourth-order valence-electron chi connectivity index (χ4n) is 5.72. The van der Waals surface area contributed by atoms with Gasteiger partial charge in [0.25, 0.3) is 0 Å². The van der Waals surface area contributed by atoms with Crippen molar-refractivity contribution in [2.24, 2.45) is 23.7 Å². The van der Waals surface area contributed by atoms with Gasteiger partial charge >= 0.3 is 0 Å². The topological polar surface area (TPSA) is 13.1 Å². The zero-order valence-corrected chi connectivity index (χ0v) is 8.86. The molecule has 1 nitrogen and oxygen atoms in total. The van der Waals surface area contributed by atoms with Crippen molar-refractivity contribution in [1.29, 1.82) is 0 Å². The minimum Gasteiger partial charge on any atom is -0.469 e. The summed E-state index contributed by atoms with van der Waals surface area (Å²) in [6.07, 6.45) is 7.95. The highest BCUT2D eigenvalue weighted by Crippen LogP contribution is 2.71. The molecule has 3 saturated carbocycles. The van der Waals surface area contributed by atoms with Crippen LogP contribution in [-0.4, -0.2) is 0 Å². The third-order valence-corrected chi connectivity index (χ3v) is 5.95. The van der Waals surface area contributed by atoms with Gasteiger partial charge in [-0.2, -0.15) is 0 Å². The Morgan fingerprint density at radius 2 is 1.80 bits per heavy atom. The Morgan fingerprint density at radius 1 is 1.00 bits per heavy atom. The van der Waals surface area contributed by atoms with Gasteiger partial charge in [0.05, 0.1) is 6.26 Å². The molecule has 0 amide bonds. The van der Waals surface area contributed by atoms with Crippen LogP contribution in [0.25, 0.3) is 0 Å². The van der Waals surface area contributed by atoms with Gasteiger partial charge in [0.2, 0.25) is 0 Å². The number of hydrogen-bond acceptors (Lipinski definition) is 1. The van der Waals surface area contributed by atoms with Gasteiger partial charge in [0.1, 0.15) is 5.76 Å². The number of fused-ring (bicyclic) bond motifs is 12. The lowest BCUT2D eigenvalue weighted by Gasteiger charge is -2.33. The Labute approximate surface area is 89.9 Å². The van der Waals surface area contributed by atoms with Gasteiger partial charge in [-0.1, -0.05) is 0 Å². The number of hydrogen-bond donors (Lipinski definition) is 0. The lowest BCUT2D eigenvalue weighted by molar-refractivity contribution is 0.206. The van der Waals surface area contributed by atoms with Crippen molar-refractivity contribution in [1.82, 2.24) is 0 Å². The molecule has 3 fully saturated rings. The fraction of sp³-hybridized carbons (Fsp3) is 0.714. The van der Waals surface area contributed by atoms with E-state index in [2.05, 4.69) is 6.07 Å². The van der Waals surface area contributed by atoms with Crippen LogP contribution in [0, 0.1) is 23.7 Å². The van der Waals surface area contributed by atoms with E-state index in [4.69, 9.17) is 4.42 Å². The summed E-state index contributed by atoms with van der Waals surface area (Å²) in [5.41, 5.74) is 1.59. The lowest BCUT2D eigenvalue weighted by atomic mass is 9.71. The molecule has 0 aliphatic heterocycles. The summed E-state index contributed by atoms with van der Waals surface area (Å²) in [6.45, 7) is 0. The quantitative estimate of drug-likeness (QED) is 0.584. The summed E-state index contributed by atoms with van der Waals surface area (Å²) in [7, 11) is 0. The van der Waals surface area contributed by atoms with E-state index in [1.807, 2.05) is 6.26 Å². The SMILES string of the molecule is c1cc2c(o1)C1CC2C2C3CCC(C3)C12. The monoisotopic (exact) mass is 200 g/mol. The van der Waals surface area contributed by atoms with E-state index in [0.29, 0.717) is 0 Å². The van der Waals surface area contributed by atoms with Gasteiger partial charge in [-0.05, 0) is 66.9 Å². The zero-order valence-electron chi connectivity index (χ0n) is 8.86. The maximum Gasteiger partial charge on any atom is 0.110 e. The molecule has 0 radical (unpaired) electrons. The highest BCUT2D eigenvalue weighted by molar-refractivity contribution is 5.39. The average Bonchev–Trinajstić information content (AvgIpc) is 3.03. The van der Waals surface area contributed by atoms with Crippen molar-refractivity contribution in [3.8, 4) is 0 Å². The van der Waals surface area contributed by atoms with Gasteiger partial charge in [0, 0.05) is 5.92 Å². The van der Waals surface area contributed by atoms with E-state index in [-0.39, 0.29) is 0 Å². The van der Waals surface area contributed by atoms with E-state index in [1.165, 1.54) is 25.0 Å². The molecule has 0 aromatic carbocycles. The van der Waals surface area contributed by atoms with Crippen LogP contribution in [0.15, 0.2) is 16.7 Å². The van der Waals surface area contributed by atoms with Crippen LogP contribution in [0.5, 0.6) is 0 Å². The smallest absolute Gasteiger partial charge is 0.110 e. The highest BCUT2D eigenvalue weighted by atomic mass is 16.3. The molecular weight excluding hydrogens is 184 g/mol. The van der Waals surface area contributed by atoms with Crippen LogP contribution in [-0.2, 0) is 0 Å². The molecule has 1 heterocycles. The first kappa shape index (κ1) is 7.54. The van der Waals surface area contributed by atoms with Gasteiger partial charge in [-0.3, -0.25) is 0 Å². The zero-order chi connectivity index (χ0) is 9.57. The second-order valence-corrected chi connectivity index (χ2v) is 6.18. The normalized spacial score (nSPS) is 53.6. The number of furan rings is 1. The molecule has 1 heteroatoms. The van der Waals surface area contributed by atoms with Crippen LogP contribution in [0.2, 0.25) is 0 Å². The molecule has 5 rings (SSSR count).